The maximum absolute atomic E-state index is 12.3. The normalized spacial score (nSPS) is 11.8. The summed E-state index contributed by atoms with van der Waals surface area (Å²) in [7, 11) is -3.51. The number of anilines is 2. The van der Waals surface area contributed by atoms with E-state index in [4.69, 9.17) is 5.73 Å². The third-order valence-electron chi connectivity index (χ3n) is 2.90. The van der Waals surface area contributed by atoms with Gasteiger partial charge in [0.2, 0.25) is 0 Å². The Kier molecular flexibility index (Phi) is 5.62. The summed E-state index contributed by atoms with van der Waals surface area (Å²) in [4.78, 5) is 0. The van der Waals surface area contributed by atoms with Crippen LogP contribution in [0.25, 0.3) is 0 Å². The molecule has 0 spiro atoms. The van der Waals surface area contributed by atoms with Crippen molar-refractivity contribution in [1.82, 2.24) is 4.31 Å². The monoisotopic (exact) mass is 285 g/mol. The summed E-state index contributed by atoms with van der Waals surface area (Å²) in [5.74, 6) is 0. The lowest BCUT2D eigenvalue weighted by molar-refractivity contribution is 0.413. The average molecular weight is 285 g/mol. The van der Waals surface area contributed by atoms with E-state index in [9.17, 15) is 8.42 Å². The molecule has 0 unspecified atom stereocenters. The number of nitrogen functional groups attached to an aromatic ring is 1. The summed E-state index contributed by atoms with van der Waals surface area (Å²) in [6.07, 6.45) is 1.58. The molecule has 0 aliphatic carbocycles. The van der Waals surface area contributed by atoms with Crippen molar-refractivity contribution in [3.63, 3.8) is 0 Å². The summed E-state index contributed by atoms with van der Waals surface area (Å²) in [5, 5.41) is 0. The molecule has 0 amide bonds. The van der Waals surface area contributed by atoms with E-state index in [2.05, 4.69) is 4.72 Å². The van der Waals surface area contributed by atoms with Crippen molar-refractivity contribution >= 4 is 21.6 Å². The first-order valence-electron chi connectivity index (χ1n) is 6.55. The molecule has 1 aromatic rings. The summed E-state index contributed by atoms with van der Waals surface area (Å²) >= 11 is 0. The van der Waals surface area contributed by atoms with Crippen LogP contribution in [-0.4, -0.2) is 25.8 Å². The van der Waals surface area contributed by atoms with E-state index in [1.807, 2.05) is 13.8 Å². The summed E-state index contributed by atoms with van der Waals surface area (Å²) in [6.45, 7) is 6.76. The fraction of sp³-hybridized carbons (Fsp3) is 0.538. The van der Waals surface area contributed by atoms with Crippen molar-refractivity contribution in [2.24, 2.45) is 0 Å². The quantitative estimate of drug-likeness (QED) is 0.755. The van der Waals surface area contributed by atoms with Gasteiger partial charge in [-0.05, 0) is 37.5 Å². The van der Waals surface area contributed by atoms with Gasteiger partial charge < -0.3 is 5.73 Å². The fourth-order valence-corrected chi connectivity index (χ4v) is 3.29. The highest BCUT2D eigenvalue weighted by Gasteiger charge is 2.21. The lowest BCUT2D eigenvalue weighted by Gasteiger charge is -2.22. The lowest BCUT2D eigenvalue weighted by atomic mass is 10.2. The van der Waals surface area contributed by atoms with E-state index in [0.29, 0.717) is 24.5 Å². The Hall–Kier alpha value is -1.27. The van der Waals surface area contributed by atoms with Crippen molar-refractivity contribution in [3.8, 4) is 0 Å². The first kappa shape index (κ1) is 15.8. The minimum absolute atomic E-state index is 0.518. The lowest BCUT2D eigenvalue weighted by Crippen LogP contribution is -2.37. The molecule has 0 radical (unpaired) electrons. The molecule has 108 valence electrons. The predicted octanol–water partition coefficient (Wildman–Crippen LogP) is 2.36. The van der Waals surface area contributed by atoms with Gasteiger partial charge in [-0.1, -0.05) is 19.9 Å². The Morgan fingerprint density at radius 2 is 1.79 bits per heavy atom. The van der Waals surface area contributed by atoms with E-state index in [0.717, 1.165) is 18.4 Å². The number of nitrogens with one attached hydrogen (secondary N) is 1. The second-order valence-corrected chi connectivity index (χ2v) is 6.20. The van der Waals surface area contributed by atoms with Crippen molar-refractivity contribution in [2.75, 3.05) is 23.5 Å². The summed E-state index contributed by atoms with van der Waals surface area (Å²) < 4.78 is 28.7. The molecule has 0 heterocycles. The van der Waals surface area contributed by atoms with Crippen LogP contribution in [0.3, 0.4) is 0 Å². The Balaban J connectivity index is 2.97. The van der Waals surface area contributed by atoms with Crippen molar-refractivity contribution < 1.29 is 8.42 Å². The molecule has 19 heavy (non-hydrogen) atoms. The van der Waals surface area contributed by atoms with Crippen LogP contribution in [0.5, 0.6) is 0 Å². The number of nitrogens with zero attached hydrogens (tertiary/aromatic N) is 1. The van der Waals surface area contributed by atoms with Crippen LogP contribution in [0, 0.1) is 6.92 Å². The maximum atomic E-state index is 12.3. The van der Waals surface area contributed by atoms with Crippen molar-refractivity contribution in [1.29, 1.82) is 0 Å². The Morgan fingerprint density at radius 1 is 1.21 bits per heavy atom. The van der Waals surface area contributed by atoms with Gasteiger partial charge in [0, 0.05) is 18.8 Å². The van der Waals surface area contributed by atoms with Gasteiger partial charge in [0.15, 0.2) is 0 Å². The highest BCUT2D eigenvalue weighted by molar-refractivity contribution is 7.90. The van der Waals surface area contributed by atoms with Crippen LogP contribution in [0.1, 0.15) is 32.3 Å². The van der Waals surface area contributed by atoms with Crippen LogP contribution in [0.15, 0.2) is 18.2 Å². The van der Waals surface area contributed by atoms with Gasteiger partial charge in [0.05, 0.1) is 5.69 Å². The maximum Gasteiger partial charge on any atom is 0.301 e. The summed E-state index contributed by atoms with van der Waals surface area (Å²) in [5.41, 5.74) is 7.65. The fourth-order valence-electron chi connectivity index (χ4n) is 1.82. The van der Waals surface area contributed by atoms with Gasteiger partial charge in [-0.2, -0.15) is 12.7 Å². The Labute approximate surface area is 116 Å². The molecule has 0 atom stereocenters. The zero-order valence-corrected chi connectivity index (χ0v) is 12.6. The topological polar surface area (TPSA) is 75.4 Å². The van der Waals surface area contributed by atoms with Crippen LogP contribution in [-0.2, 0) is 10.2 Å². The summed E-state index contributed by atoms with van der Waals surface area (Å²) in [6, 6.07) is 5.21. The van der Waals surface area contributed by atoms with Crippen molar-refractivity contribution in [3.05, 3.63) is 23.8 Å². The number of nitrogens with two attached hydrogens (primary N) is 1. The van der Waals surface area contributed by atoms with Crippen LogP contribution in [0.4, 0.5) is 11.4 Å². The number of hydrogen-bond donors (Lipinski definition) is 2. The average Bonchev–Trinajstić information content (AvgIpc) is 2.34. The van der Waals surface area contributed by atoms with Gasteiger partial charge in [-0.3, -0.25) is 4.72 Å². The molecule has 5 nitrogen and oxygen atoms in total. The standard InChI is InChI=1S/C13H23N3O2S/c1-4-9-16(10-5-2)19(17,18)15-13-8-6-7-12(14)11(13)3/h6-8,15H,4-5,9-10,14H2,1-3H3. The number of benzene rings is 1. The molecular weight excluding hydrogens is 262 g/mol. The first-order valence-corrected chi connectivity index (χ1v) is 7.99. The van der Waals surface area contributed by atoms with Crippen LogP contribution >= 0.6 is 0 Å². The first-order chi connectivity index (χ1) is 8.92. The number of hydrogen-bond acceptors (Lipinski definition) is 3. The van der Waals surface area contributed by atoms with Gasteiger partial charge in [-0.15, -0.1) is 0 Å². The number of rotatable bonds is 7. The van der Waals surface area contributed by atoms with Gasteiger partial charge >= 0.3 is 10.2 Å². The second kappa shape index (κ2) is 6.77. The van der Waals surface area contributed by atoms with Crippen molar-refractivity contribution in [2.45, 2.75) is 33.6 Å². The van der Waals surface area contributed by atoms with E-state index in [1.165, 1.54) is 4.31 Å². The minimum atomic E-state index is -3.51. The van der Waals surface area contributed by atoms with Gasteiger partial charge in [0.25, 0.3) is 0 Å². The molecule has 6 heteroatoms. The predicted molar refractivity (Wildman–Crippen MR) is 80.3 cm³/mol. The SMILES string of the molecule is CCCN(CCC)S(=O)(=O)Nc1cccc(N)c1C. The molecule has 0 saturated heterocycles. The van der Waals surface area contributed by atoms with Gasteiger partial charge in [-0.25, -0.2) is 0 Å². The van der Waals surface area contributed by atoms with E-state index in [-0.39, 0.29) is 0 Å². The zero-order chi connectivity index (χ0) is 14.5. The molecule has 0 aliphatic heterocycles. The Morgan fingerprint density at radius 3 is 2.32 bits per heavy atom. The van der Waals surface area contributed by atoms with E-state index >= 15 is 0 Å². The molecule has 0 fully saturated rings. The minimum Gasteiger partial charge on any atom is -0.398 e. The molecule has 0 bridgehead atoms. The smallest absolute Gasteiger partial charge is 0.301 e. The van der Waals surface area contributed by atoms with E-state index < -0.39 is 10.2 Å². The Bertz CT molecular complexity index is 509. The molecule has 0 aliphatic rings. The molecule has 1 rings (SSSR count). The van der Waals surface area contributed by atoms with E-state index in [1.54, 1.807) is 25.1 Å². The highest BCUT2D eigenvalue weighted by Crippen LogP contribution is 2.22. The molecular formula is C13H23N3O2S. The zero-order valence-electron chi connectivity index (χ0n) is 11.8. The van der Waals surface area contributed by atoms with Crippen LogP contribution in [0.2, 0.25) is 0 Å². The largest absolute Gasteiger partial charge is 0.398 e. The molecule has 3 N–H and O–H groups in total. The third kappa shape index (κ3) is 4.11. The van der Waals surface area contributed by atoms with Crippen LogP contribution < -0.4 is 10.5 Å². The second-order valence-electron chi connectivity index (χ2n) is 4.53. The highest BCUT2D eigenvalue weighted by atomic mass is 32.2. The molecule has 0 saturated carbocycles. The van der Waals surface area contributed by atoms with Gasteiger partial charge in [0.1, 0.15) is 0 Å². The molecule has 0 aromatic heterocycles. The molecule has 1 aromatic carbocycles. The third-order valence-corrected chi connectivity index (χ3v) is 4.42.